The minimum atomic E-state index is -0.889. The van der Waals surface area contributed by atoms with Crippen molar-refractivity contribution in [2.24, 2.45) is 0 Å². The van der Waals surface area contributed by atoms with Crippen LogP contribution in [0.15, 0.2) is 88.8 Å². The Morgan fingerprint density at radius 2 is 1.97 bits per heavy atom. The summed E-state index contributed by atoms with van der Waals surface area (Å²) in [6.07, 6.45) is 3.48. The fourth-order valence-corrected chi connectivity index (χ4v) is 4.32. The quantitative estimate of drug-likeness (QED) is 0.398. The van der Waals surface area contributed by atoms with Crippen molar-refractivity contribution in [3.8, 4) is 5.75 Å². The van der Waals surface area contributed by atoms with Crippen LogP contribution in [0.2, 0.25) is 5.02 Å². The molecule has 0 saturated heterocycles. The van der Waals surface area contributed by atoms with E-state index in [1.54, 1.807) is 67.0 Å². The maximum atomic E-state index is 13.6. The van der Waals surface area contributed by atoms with Crippen molar-refractivity contribution < 1.29 is 28.8 Å². The first-order valence-corrected chi connectivity index (χ1v) is 10.9. The number of furan rings is 1. The van der Waals surface area contributed by atoms with Gasteiger partial charge >= 0.3 is 0 Å². The van der Waals surface area contributed by atoms with Gasteiger partial charge in [0.05, 0.1) is 19.7 Å². The second-order valence-electron chi connectivity index (χ2n) is 7.86. The second-order valence-corrected chi connectivity index (χ2v) is 8.30. The topological polar surface area (TPSA) is 97.0 Å². The summed E-state index contributed by atoms with van der Waals surface area (Å²) >= 11 is 6.06. The SMILES string of the molecule is COc1cccc2cc(C(=O)C3=C([O-])C(=O)N(Cc4ccc[nH+]c4)C3c3ccc(Cl)cc3)oc12. The smallest absolute Gasteiger partial charge is 0.240 e. The number of para-hydroxylation sites is 1. The van der Waals surface area contributed by atoms with Crippen molar-refractivity contribution in [2.45, 2.75) is 12.6 Å². The Kier molecular flexibility index (Phi) is 5.55. The summed E-state index contributed by atoms with van der Waals surface area (Å²) in [5, 5.41) is 14.3. The number of ether oxygens (including phenoxy) is 1. The highest BCUT2D eigenvalue weighted by atomic mass is 35.5. The van der Waals surface area contributed by atoms with Crippen LogP contribution < -0.4 is 14.8 Å². The number of nitrogens with one attached hydrogen (secondary N) is 1. The number of pyridine rings is 1. The molecule has 0 saturated carbocycles. The maximum Gasteiger partial charge on any atom is 0.240 e. The van der Waals surface area contributed by atoms with Crippen LogP contribution in [0.3, 0.4) is 0 Å². The lowest BCUT2D eigenvalue weighted by Crippen LogP contribution is -2.32. The molecule has 1 N–H and O–H groups in total. The van der Waals surface area contributed by atoms with E-state index in [1.165, 1.54) is 12.0 Å². The van der Waals surface area contributed by atoms with E-state index < -0.39 is 23.5 Å². The fourth-order valence-electron chi connectivity index (χ4n) is 4.19. The first-order valence-electron chi connectivity index (χ1n) is 10.5. The Balaban J connectivity index is 1.60. The van der Waals surface area contributed by atoms with Gasteiger partial charge in [-0.15, -0.1) is 0 Å². The molecule has 0 aliphatic carbocycles. The molecule has 0 spiro atoms. The summed E-state index contributed by atoms with van der Waals surface area (Å²) in [5.74, 6) is -1.81. The van der Waals surface area contributed by atoms with Crippen molar-refractivity contribution >= 4 is 34.3 Å². The lowest BCUT2D eigenvalue weighted by atomic mass is 9.95. The van der Waals surface area contributed by atoms with Gasteiger partial charge in [-0.05, 0) is 41.7 Å². The number of Topliss-reactive ketones (excluding diaryl/α,β-unsaturated/α-hetero) is 1. The molecule has 5 rings (SSSR count). The molecule has 4 aromatic rings. The third-order valence-corrected chi connectivity index (χ3v) is 6.04. The van der Waals surface area contributed by atoms with Gasteiger partial charge in [0.1, 0.15) is 0 Å². The number of hydrogen-bond donors (Lipinski definition) is 0. The van der Waals surface area contributed by atoms with Gasteiger partial charge in [0.2, 0.25) is 11.7 Å². The molecule has 3 heterocycles. The van der Waals surface area contributed by atoms with Gasteiger partial charge in [-0.25, -0.2) is 4.98 Å². The molecule has 170 valence electrons. The number of ketones is 1. The summed E-state index contributed by atoms with van der Waals surface area (Å²) in [6.45, 7) is 0.139. The number of aromatic amines is 1. The minimum Gasteiger partial charge on any atom is -0.868 e. The zero-order valence-electron chi connectivity index (χ0n) is 18.1. The molecular formula is C26H19ClN2O5. The minimum absolute atomic E-state index is 0.0375. The number of benzene rings is 2. The van der Waals surface area contributed by atoms with Crippen molar-refractivity contribution in [3.05, 3.63) is 106 Å². The normalized spacial score (nSPS) is 15.9. The van der Waals surface area contributed by atoms with Crippen molar-refractivity contribution in [2.75, 3.05) is 7.11 Å². The van der Waals surface area contributed by atoms with E-state index in [4.69, 9.17) is 20.8 Å². The molecule has 1 atom stereocenters. The Morgan fingerprint density at radius 3 is 2.68 bits per heavy atom. The molecule has 0 bridgehead atoms. The summed E-state index contributed by atoms with van der Waals surface area (Å²) in [6, 6.07) is 16.3. The van der Waals surface area contributed by atoms with Gasteiger partial charge in [-0.3, -0.25) is 9.59 Å². The maximum absolute atomic E-state index is 13.6. The van der Waals surface area contributed by atoms with Gasteiger partial charge in [0.25, 0.3) is 0 Å². The largest absolute Gasteiger partial charge is 0.868 e. The number of carbonyl (C=O) groups excluding carboxylic acids is 2. The van der Waals surface area contributed by atoms with E-state index >= 15 is 0 Å². The molecular weight excluding hydrogens is 456 g/mol. The number of fused-ring (bicyclic) bond motifs is 1. The van der Waals surface area contributed by atoms with Crippen molar-refractivity contribution in [1.29, 1.82) is 0 Å². The number of methoxy groups -OCH3 is 1. The van der Waals surface area contributed by atoms with Crippen LogP contribution in [0.25, 0.3) is 11.0 Å². The molecule has 1 aliphatic rings. The van der Waals surface area contributed by atoms with Crippen LogP contribution in [-0.2, 0) is 11.3 Å². The van der Waals surface area contributed by atoms with Crippen LogP contribution in [0.5, 0.6) is 5.75 Å². The van der Waals surface area contributed by atoms with E-state index in [2.05, 4.69) is 4.98 Å². The zero-order valence-corrected chi connectivity index (χ0v) is 18.8. The fraction of sp³-hybridized carbons (Fsp3) is 0.115. The number of halogens is 1. The summed E-state index contributed by atoms with van der Waals surface area (Å²) in [4.78, 5) is 31.1. The predicted octanol–water partition coefficient (Wildman–Crippen LogP) is 3.49. The van der Waals surface area contributed by atoms with Crippen LogP contribution >= 0.6 is 11.6 Å². The van der Waals surface area contributed by atoms with Gasteiger partial charge < -0.3 is 19.2 Å². The average molecular weight is 475 g/mol. The number of rotatable bonds is 6. The molecule has 8 heteroatoms. The molecule has 2 aromatic carbocycles. The molecule has 2 aromatic heterocycles. The van der Waals surface area contributed by atoms with E-state index in [0.29, 0.717) is 27.3 Å². The lowest BCUT2D eigenvalue weighted by Gasteiger charge is -2.27. The number of H-pyrrole nitrogens is 1. The average Bonchev–Trinajstić information content (AvgIpc) is 3.40. The highest BCUT2D eigenvalue weighted by Crippen LogP contribution is 2.40. The number of nitrogens with zero attached hydrogens (tertiary/aromatic N) is 1. The van der Waals surface area contributed by atoms with Crippen LogP contribution in [-0.4, -0.2) is 23.7 Å². The third-order valence-electron chi connectivity index (χ3n) is 5.79. The van der Waals surface area contributed by atoms with Gasteiger partial charge in [0, 0.05) is 27.6 Å². The number of hydrogen-bond acceptors (Lipinski definition) is 5. The molecule has 7 nitrogen and oxygen atoms in total. The monoisotopic (exact) mass is 474 g/mol. The molecule has 0 radical (unpaired) electrons. The van der Waals surface area contributed by atoms with E-state index in [0.717, 1.165) is 5.56 Å². The van der Waals surface area contributed by atoms with E-state index in [1.807, 2.05) is 6.07 Å². The number of amides is 1. The second kappa shape index (κ2) is 8.68. The standard InChI is InChI=1S/C26H19ClN2O5/c1-33-19-6-2-5-17-12-20(34-25(17)19)23(30)21-22(16-7-9-18(27)10-8-16)29(26(32)24(21)31)14-15-4-3-11-28-13-15/h2-13,22,31H,14H2,1H3. The predicted molar refractivity (Wildman–Crippen MR) is 122 cm³/mol. The summed E-state index contributed by atoms with van der Waals surface area (Å²) < 4.78 is 11.1. The van der Waals surface area contributed by atoms with Crippen molar-refractivity contribution in [3.63, 3.8) is 0 Å². The first-order chi connectivity index (χ1) is 16.5. The van der Waals surface area contributed by atoms with Crippen molar-refractivity contribution in [1.82, 2.24) is 4.90 Å². The molecule has 34 heavy (non-hydrogen) atoms. The Bertz CT molecular complexity index is 1430. The van der Waals surface area contributed by atoms with Gasteiger partial charge in [0.15, 0.2) is 29.5 Å². The van der Waals surface area contributed by atoms with Crippen LogP contribution in [0.4, 0.5) is 0 Å². The highest BCUT2D eigenvalue weighted by molar-refractivity contribution is 6.30. The van der Waals surface area contributed by atoms with Crippen LogP contribution in [0, 0.1) is 0 Å². The van der Waals surface area contributed by atoms with Crippen LogP contribution in [0.1, 0.15) is 27.7 Å². The lowest BCUT2D eigenvalue weighted by molar-refractivity contribution is -0.378. The Hall–Kier alpha value is -4.10. The van der Waals surface area contributed by atoms with E-state index in [9.17, 15) is 14.7 Å². The first kappa shape index (κ1) is 21.7. The molecule has 1 aliphatic heterocycles. The van der Waals surface area contributed by atoms with Gasteiger partial charge in [-0.2, -0.15) is 0 Å². The summed E-state index contributed by atoms with van der Waals surface area (Å²) in [5.41, 5.74) is 1.61. The summed E-state index contributed by atoms with van der Waals surface area (Å²) in [7, 11) is 1.50. The third kappa shape index (κ3) is 3.70. The Labute approximate surface area is 199 Å². The molecule has 1 amide bonds. The van der Waals surface area contributed by atoms with E-state index in [-0.39, 0.29) is 17.9 Å². The molecule has 1 unspecified atom stereocenters. The number of carbonyl (C=O) groups is 2. The highest BCUT2D eigenvalue weighted by Gasteiger charge is 2.40. The Morgan fingerprint density at radius 1 is 1.18 bits per heavy atom. The molecule has 0 fully saturated rings. The zero-order chi connectivity index (χ0) is 23.8. The van der Waals surface area contributed by atoms with Gasteiger partial charge in [-0.1, -0.05) is 35.9 Å². The number of aromatic nitrogens is 1.